The Kier molecular flexibility index (Phi) is 3.80. The summed E-state index contributed by atoms with van der Waals surface area (Å²) in [5.74, 6) is 1.89. The Morgan fingerprint density at radius 3 is 3.11 bits per heavy atom. The Morgan fingerprint density at radius 1 is 1.42 bits per heavy atom. The third-order valence-electron chi connectivity index (χ3n) is 3.84. The van der Waals surface area contributed by atoms with Gasteiger partial charge in [-0.2, -0.15) is 0 Å². The maximum Gasteiger partial charge on any atom is 0.121 e. The Labute approximate surface area is 114 Å². The van der Waals surface area contributed by atoms with E-state index in [1.807, 2.05) is 18.2 Å². The SMILES string of the molecule is C[C@H]1CCN(CCNCc2nc3ccccc3[nH]2)C1. The van der Waals surface area contributed by atoms with E-state index in [0.717, 1.165) is 42.4 Å². The molecular weight excluding hydrogens is 236 g/mol. The van der Waals surface area contributed by atoms with Crippen LogP contribution in [0, 0.1) is 5.92 Å². The molecule has 0 aliphatic carbocycles. The molecule has 0 unspecified atom stereocenters. The lowest BCUT2D eigenvalue weighted by Gasteiger charge is -2.14. The second-order valence-electron chi connectivity index (χ2n) is 5.57. The average molecular weight is 258 g/mol. The third-order valence-corrected chi connectivity index (χ3v) is 3.84. The Morgan fingerprint density at radius 2 is 2.32 bits per heavy atom. The van der Waals surface area contributed by atoms with E-state index in [1.165, 1.54) is 19.5 Å². The van der Waals surface area contributed by atoms with E-state index in [-0.39, 0.29) is 0 Å². The summed E-state index contributed by atoms with van der Waals surface area (Å²) in [5, 5.41) is 3.47. The van der Waals surface area contributed by atoms with Gasteiger partial charge in [-0.25, -0.2) is 4.98 Å². The van der Waals surface area contributed by atoms with Crippen molar-refractivity contribution in [3.8, 4) is 0 Å². The highest BCUT2D eigenvalue weighted by Crippen LogP contribution is 2.14. The van der Waals surface area contributed by atoms with Gasteiger partial charge in [-0.05, 0) is 31.0 Å². The lowest BCUT2D eigenvalue weighted by Crippen LogP contribution is -2.30. The second kappa shape index (κ2) is 5.72. The van der Waals surface area contributed by atoms with Gasteiger partial charge in [-0.3, -0.25) is 0 Å². The van der Waals surface area contributed by atoms with Crippen LogP contribution in [0.15, 0.2) is 24.3 Å². The molecule has 4 heteroatoms. The number of aromatic amines is 1. The summed E-state index contributed by atoms with van der Waals surface area (Å²) in [6.45, 7) is 7.84. The molecule has 4 nitrogen and oxygen atoms in total. The number of benzene rings is 1. The van der Waals surface area contributed by atoms with Crippen molar-refractivity contribution in [1.82, 2.24) is 20.2 Å². The molecule has 1 aliphatic rings. The normalized spacial score (nSPS) is 20.4. The largest absolute Gasteiger partial charge is 0.341 e. The molecule has 0 amide bonds. The Hall–Kier alpha value is -1.39. The fourth-order valence-corrected chi connectivity index (χ4v) is 2.76. The van der Waals surface area contributed by atoms with Crippen molar-refractivity contribution in [3.63, 3.8) is 0 Å². The molecule has 0 saturated carbocycles. The number of aromatic nitrogens is 2. The van der Waals surface area contributed by atoms with Crippen molar-refractivity contribution in [2.45, 2.75) is 19.9 Å². The number of likely N-dealkylation sites (tertiary alicyclic amines) is 1. The van der Waals surface area contributed by atoms with Crippen molar-refractivity contribution in [1.29, 1.82) is 0 Å². The number of rotatable bonds is 5. The van der Waals surface area contributed by atoms with Crippen LogP contribution in [0.1, 0.15) is 19.2 Å². The van der Waals surface area contributed by atoms with Gasteiger partial charge in [0.05, 0.1) is 17.6 Å². The second-order valence-corrected chi connectivity index (χ2v) is 5.57. The summed E-state index contributed by atoms with van der Waals surface area (Å²) in [6, 6.07) is 8.17. The van der Waals surface area contributed by atoms with Gasteiger partial charge in [-0.15, -0.1) is 0 Å². The van der Waals surface area contributed by atoms with E-state index in [1.54, 1.807) is 0 Å². The van der Waals surface area contributed by atoms with Crippen LogP contribution in [0.5, 0.6) is 0 Å². The van der Waals surface area contributed by atoms with Gasteiger partial charge < -0.3 is 15.2 Å². The number of H-pyrrole nitrogens is 1. The van der Waals surface area contributed by atoms with Crippen LogP contribution in [0.3, 0.4) is 0 Å². The molecule has 1 saturated heterocycles. The van der Waals surface area contributed by atoms with Crippen LogP contribution in [0.2, 0.25) is 0 Å². The summed E-state index contributed by atoms with van der Waals surface area (Å²) < 4.78 is 0. The smallest absolute Gasteiger partial charge is 0.121 e. The molecule has 2 aromatic rings. The van der Waals surface area contributed by atoms with Crippen LogP contribution in [-0.2, 0) is 6.54 Å². The zero-order valence-corrected chi connectivity index (χ0v) is 11.5. The first-order valence-electron chi connectivity index (χ1n) is 7.18. The topological polar surface area (TPSA) is 44.0 Å². The predicted molar refractivity (Wildman–Crippen MR) is 78.0 cm³/mol. The van der Waals surface area contributed by atoms with Gasteiger partial charge in [0.1, 0.15) is 5.82 Å². The van der Waals surface area contributed by atoms with Crippen molar-refractivity contribution in [2.75, 3.05) is 26.2 Å². The van der Waals surface area contributed by atoms with Gasteiger partial charge in [0.25, 0.3) is 0 Å². The molecule has 1 aliphatic heterocycles. The van der Waals surface area contributed by atoms with Gasteiger partial charge in [-0.1, -0.05) is 19.1 Å². The highest BCUT2D eigenvalue weighted by atomic mass is 15.2. The van der Waals surface area contributed by atoms with E-state index >= 15 is 0 Å². The maximum atomic E-state index is 4.56. The number of nitrogens with zero attached hydrogens (tertiary/aromatic N) is 2. The third kappa shape index (κ3) is 3.14. The minimum absolute atomic E-state index is 0.818. The summed E-state index contributed by atoms with van der Waals surface area (Å²) in [6.07, 6.45) is 1.35. The summed E-state index contributed by atoms with van der Waals surface area (Å²) in [5.41, 5.74) is 2.17. The number of hydrogen-bond acceptors (Lipinski definition) is 3. The molecule has 1 aromatic carbocycles. The zero-order chi connectivity index (χ0) is 13.1. The molecule has 2 N–H and O–H groups in total. The highest BCUT2D eigenvalue weighted by Gasteiger charge is 2.17. The minimum atomic E-state index is 0.818. The fourth-order valence-electron chi connectivity index (χ4n) is 2.76. The predicted octanol–water partition coefficient (Wildman–Crippen LogP) is 1.99. The first-order chi connectivity index (χ1) is 9.31. The summed E-state index contributed by atoms with van der Waals surface area (Å²) in [4.78, 5) is 10.4. The van der Waals surface area contributed by atoms with Crippen LogP contribution in [-0.4, -0.2) is 41.0 Å². The molecule has 102 valence electrons. The number of para-hydroxylation sites is 2. The van der Waals surface area contributed by atoms with Crippen molar-refractivity contribution >= 4 is 11.0 Å². The molecule has 3 rings (SSSR count). The standard InChI is InChI=1S/C15H22N4/c1-12-6-8-19(11-12)9-7-16-10-15-17-13-4-2-3-5-14(13)18-15/h2-5,12,16H,6-11H2,1H3,(H,17,18)/t12-/m0/s1. The van der Waals surface area contributed by atoms with Crippen LogP contribution in [0.4, 0.5) is 0 Å². The first kappa shape index (κ1) is 12.6. The van der Waals surface area contributed by atoms with Crippen molar-refractivity contribution in [2.24, 2.45) is 5.92 Å². The molecule has 0 bridgehead atoms. The lowest BCUT2D eigenvalue weighted by atomic mass is 10.2. The number of imidazole rings is 1. The number of fused-ring (bicyclic) bond motifs is 1. The fraction of sp³-hybridized carbons (Fsp3) is 0.533. The van der Waals surface area contributed by atoms with E-state index in [4.69, 9.17) is 0 Å². The first-order valence-corrected chi connectivity index (χ1v) is 7.18. The molecule has 1 fully saturated rings. The molecule has 2 heterocycles. The quantitative estimate of drug-likeness (QED) is 0.806. The van der Waals surface area contributed by atoms with E-state index < -0.39 is 0 Å². The van der Waals surface area contributed by atoms with Crippen LogP contribution < -0.4 is 5.32 Å². The van der Waals surface area contributed by atoms with Gasteiger partial charge in [0.2, 0.25) is 0 Å². The zero-order valence-electron chi connectivity index (χ0n) is 11.5. The van der Waals surface area contributed by atoms with E-state index in [0.29, 0.717) is 0 Å². The Bertz CT molecular complexity index is 501. The van der Waals surface area contributed by atoms with Gasteiger partial charge in [0, 0.05) is 19.6 Å². The van der Waals surface area contributed by atoms with E-state index in [9.17, 15) is 0 Å². The molecule has 19 heavy (non-hydrogen) atoms. The van der Waals surface area contributed by atoms with Gasteiger partial charge in [0.15, 0.2) is 0 Å². The average Bonchev–Trinajstić information content (AvgIpc) is 3.00. The van der Waals surface area contributed by atoms with Gasteiger partial charge >= 0.3 is 0 Å². The minimum Gasteiger partial charge on any atom is -0.341 e. The van der Waals surface area contributed by atoms with E-state index in [2.05, 4.69) is 33.2 Å². The number of hydrogen-bond donors (Lipinski definition) is 2. The molecule has 1 atom stereocenters. The van der Waals surface area contributed by atoms with Crippen LogP contribution >= 0.6 is 0 Å². The molecule has 1 aromatic heterocycles. The highest BCUT2D eigenvalue weighted by molar-refractivity contribution is 5.74. The van der Waals surface area contributed by atoms with Crippen molar-refractivity contribution < 1.29 is 0 Å². The maximum absolute atomic E-state index is 4.56. The monoisotopic (exact) mass is 258 g/mol. The molecular formula is C15H22N4. The molecule has 0 radical (unpaired) electrons. The van der Waals surface area contributed by atoms with Crippen molar-refractivity contribution in [3.05, 3.63) is 30.1 Å². The summed E-state index contributed by atoms with van der Waals surface area (Å²) >= 11 is 0. The summed E-state index contributed by atoms with van der Waals surface area (Å²) in [7, 11) is 0. The number of nitrogens with one attached hydrogen (secondary N) is 2. The van der Waals surface area contributed by atoms with Crippen LogP contribution in [0.25, 0.3) is 11.0 Å². The lowest BCUT2D eigenvalue weighted by molar-refractivity contribution is 0.325. The Balaban J connectivity index is 1.44. The molecule has 0 spiro atoms.